The number of fused-ring (bicyclic) bond motifs is 1. The Hall–Kier alpha value is -2.33. The highest BCUT2D eigenvalue weighted by Crippen LogP contribution is 2.27. The molecule has 27 heavy (non-hydrogen) atoms. The zero-order chi connectivity index (χ0) is 18.5. The number of rotatable bonds is 5. The molecule has 1 unspecified atom stereocenters. The number of anilines is 1. The van der Waals surface area contributed by atoms with Crippen molar-refractivity contribution in [2.45, 2.75) is 51.0 Å². The second-order valence-corrected chi connectivity index (χ2v) is 7.44. The number of nitrogens with one attached hydrogen (secondary N) is 1. The molecule has 4 rings (SSSR count). The maximum Gasteiger partial charge on any atom is 0.255 e. The molecule has 0 spiro atoms. The quantitative estimate of drug-likeness (QED) is 0.830. The van der Waals surface area contributed by atoms with Gasteiger partial charge in [-0.25, -0.2) is 0 Å². The van der Waals surface area contributed by atoms with Crippen LogP contribution in [0.3, 0.4) is 0 Å². The Labute approximate surface area is 160 Å². The minimum atomic E-state index is -0.0895. The van der Waals surface area contributed by atoms with Gasteiger partial charge in [-0.05, 0) is 80.3 Å². The molecule has 1 saturated heterocycles. The first-order valence-electron chi connectivity index (χ1n) is 10.1. The van der Waals surface area contributed by atoms with Crippen molar-refractivity contribution in [3.05, 3.63) is 59.2 Å². The summed E-state index contributed by atoms with van der Waals surface area (Å²) < 4.78 is 11.7. The van der Waals surface area contributed by atoms with Gasteiger partial charge in [-0.3, -0.25) is 4.79 Å². The third-order valence-corrected chi connectivity index (χ3v) is 5.44. The molecule has 4 nitrogen and oxygen atoms in total. The van der Waals surface area contributed by atoms with Gasteiger partial charge in [0.15, 0.2) is 0 Å². The van der Waals surface area contributed by atoms with Gasteiger partial charge in [0.25, 0.3) is 5.91 Å². The molecule has 2 aromatic rings. The largest absolute Gasteiger partial charge is 0.489 e. The molecule has 1 fully saturated rings. The van der Waals surface area contributed by atoms with Gasteiger partial charge in [-0.15, -0.1) is 0 Å². The van der Waals surface area contributed by atoms with Gasteiger partial charge in [0.05, 0.1) is 11.8 Å². The predicted octanol–water partition coefficient (Wildman–Crippen LogP) is 4.77. The number of carbonyl (C=O) groups is 1. The van der Waals surface area contributed by atoms with Crippen LogP contribution in [0.1, 0.15) is 53.6 Å². The van der Waals surface area contributed by atoms with E-state index in [1.807, 2.05) is 36.4 Å². The number of hydrogen-bond donors (Lipinski definition) is 1. The lowest BCUT2D eigenvalue weighted by Gasteiger charge is -2.23. The number of carbonyl (C=O) groups excluding carboxylic acids is 1. The van der Waals surface area contributed by atoms with E-state index < -0.39 is 0 Å². The van der Waals surface area contributed by atoms with E-state index in [4.69, 9.17) is 9.47 Å². The summed E-state index contributed by atoms with van der Waals surface area (Å²) in [5.41, 5.74) is 4.11. The van der Waals surface area contributed by atoms with Crippen molar-refractivity contribution in [2.75, 3.05) is 18.5 Å². The van der Waals surface area contributed by atoms with Crippen molar-refractivity contribution >= 4 is 11.6 Å². The molecule has 1 N–H and O–H groups in total. The first-order valence-corrected chi connectivity index (χ1v) is 10.1. The number of hydrogen-bond acceptors (Lipinski definition) is 3. The van der Waals surface area contributed by atoms with Crippen LogP contribution < -0.4 is 10.1 Å². The minimum absolute atomic E-state index is 0.0895. The topological polar surface area (TPSA) is 47.6 Å². The fourth-order valence-corrected chi connectivity index (χ4v) is 3.89. The highest BCUT2D eigenvalue weighted by atomic mass is 16.5. The highest BCUT2D eigenvalue weighted by Gasteiger charge is 2.17. The fourth-order valence-electron chi connectivity index (χ4n) is 3.89. The fraction of sp³-hybridized carbons (Fsp3) is 0.435. The van der Waals surface area contributed by atoms with Gasteiger partial charge in [0, 0.05) is 12.2 Å². The molecule has 0 aromatic heterocycles. The molecule has 4 heteroatoms. The van der Waals surface area contributed by atoms with E-state index in [9.17, 15) is 4.79 Å². The minimum Gasteiger partial charge on any atom is -0.489 e. The monoisotopic (exact) mass is 365 g/mol. The summed E-state index contributed by atoms with van der Waals surface area (Å²) in [6.07, 6.45) is 8.13. The highest BCUT2D eigenvalue weighted by molar-refractivity contribution is 6.05. The zero-order valence-electron chi connectivity index (χ0n) is 15.7. The van der Waals surface area contributed by atoms with Crippen LogP contribution >= 0.6 is 0 Å². The zero-order valence-corrected chi connectivity index (χ0v) is 15.7. The molecule has 1 atom stereocenters. The Balaban J connectivity index is 1.43. The normalized spacial score (nSPS) is 19.2. The van der Waals surface area contributed by atoms with Crippen molar-refractivity contribution in [1.82, 2.24) is 0 Å². The summed E-state index contributed by atoms with van der Waals surface area (Å²) in [6, 6.07) is 13.7. The van der Waals surface area contributed by atoms with Gasteiger partial charge in [0.2, 0.25) is 0 Å². The molecule has 142 valence electrons. The van der Waals surface area contributed by atoms with Crippen molar-refractivity contribution in [2.24, 2.45) is 0 Å². The first-order chi connectivity index (χ1) is 13.3. The van der Waals surface area contributed by atoms with Crippen LogP contribution in [0, 0.1) is 0 Å². The second kappa shape index (κ2) is 8.57. The van der Waals surface area contributed by atoms with Crippen molar-refractivity contribution in [1.29, 1.82) is 0 Å². The van der Waals surface area contributed by atoms with Crippen LogP contribution in [-0.4, -0.2) is 25.2 Å². The van der Waals surface area contributed by atoms with Crippen molar-refractivity contribution in [3.8, 4) is 5.75 Å². The van der Waals surface area contributed by atoms with Crippen molar-refractivity contribution < 1.29 is 14.3 Å². The Bertz CT molecular complexity index is 796. The average Bonchev–Trinajstić information content (AvgIpc) is 2.73. The van der Waals surface area contributed by atoms with Crippen LogP contribution in [0.25, 0.3) is 0 Å². The van der Waals surface area contributed by atoms with Gasteiger partial charge in [-0.1, -0.05) is 18.2 Å². The molecule has 0 radical (unpaired) electrons. The molecular weight excluding hydrogens is 338 g/mol. The Morgan fingerprint density at radius 3 is 2.74 bits per heavy atom. The Kier molecular flexibility index (Phi) is 5.73. The molecule has 1 aliphatic heterocycles. The summed E-state index contributed by atoms with van der Waals surface area (Å²) in [6.45, 7) is 1.33. The van der Waals surface area contributed by atoms with E-state index >= 15 is 0 Å². The lowest BCUT2D eigenvalue weighted by Crippen LogP contribution is -2.26. The number of para-hydroxylation sites is 2. The van der Waals surface area contributed by atoms with E-state index in [2.05, 4.69) is 11.4 Å². The van der Waals surface area contributed by atoms with Gasteiger partial charge in [0.1, 0.15) is 12.4 Å². The maximum atomic E-state index is 12.8. The second-order valence-electron chi connectivity index (χ2n) is 7.44. The molecule has 2 aromatic carbocycles. The molecule has 0 saturated carbocycles. The lowest BCUT2D eigenvalue weighted by molar-refractivity contribution is -0.0109. The summed E-state index contributed by atoms with van der Waals surface area (Å²) in [4.78, 5) is 12.8. The molecule has 1 heterocycles. The summed E-state index contributed by atoms with van der Waals surface area (Å²) >= 11 is 0. The van der Waals surface area contributed by atoms with Crippen LogP contribution in [0.15, 0.2) is 42.5 Å². The summed E-state index contributed by atoms with van der Waals surface area (Å²) in [5, 5.41) is 3.02. The number of benzene rings is 2. The van der Waals surface area contributed by atoms with Gasteiger partial charge in [-0.2, -0.15) is 0 Å². The smallest absolute Gasteiger partial charge is 0.255 e. The van der Waals surface area contributed by atoms with Gasteiger partial charge < -0.3 is 14.8 Å². The van der Waals surface area contributed by atoms with Crippen LogP contribution in [0.5, 0.6) is 5.75 Å². The van der Waals surface area contributed by atoms with Crippen molar-refractivity contribution in [3.63, 3.8) is 0 Å². The van der Waals surface area contributed by atoms with E-state index in [0.29, 0.717) is 23.6 Å². The molecular formula is C23H27NO3. The molecule has 0 bridgehead atoms. The van der Waals surface area contributed by atoms with Crippen LogP contribution in [-0.2, 0) is 17.6 Å². The predicted molar refractivity (Wildman–Crippen MR) is 107 cm³/mol. The molecule has 2 aliphatic rings. The van der Waals surface area contributed by atoms with Gasteiger partial charge >= 0.3 is 0 Å². The first kappa shape index (κ1) is 18.1. The lowest BCUT2D eigenvalue weighted by atomic mass is 9.90. The third-order valence-electron chi connectivity index (χ3n) is 5.44. The Morgan fingerprint density at radius 1 is 1.04 bits per heavy atom. The SMILES string of the molecule is O=C(Nc1ccccc1OCC1CCCCO1)c1ccc2c(c1)CCCC2. The average molecular weight is 365 g/mol. The third kappa shape index (κ3) is 4.51. The summed E-state index contributed by atoms with van der Waals surface area (Å²) in [5.74, 6) is 0.603. The number of ether oxygens (including phenoxy) is 2. The van der Waals surface area contributed by atoms with E-state index in [0.717, 1.165) is 32.3 Å². The van der Waals surface area contributed by atoms with E-state index in [-0.39, 0.29) is 12.0 Å². The van der Waals surface area contributed by atoms with Crippen LogP contribution in [0.2, 0.25) is 0 Å². The molecule has 1 amide bonds. The summed E-state index contributed by atoms with van der Waals surface area (Å²) in [7, 11) is 0. The van der Waals surface area contributed by atoms with E-state index in [1.165, 1.54) is 30.4 Å². The van der Waals surface area contributed by atoms with Crippen LogP contribution in [0.4, 0.5) is 5.69 Å². The number of amides is 1. The molecule has 1 aliphatic carbocycles. The maximum absolute atomic E-state index is 12.8. The standard InChI is InChI=1S/C23H27NO3/c25-23(19-13-12-17-7-1-2-8-18(17)15-19)24-21-10-3-4-11-22(21)27-16-20-9-5-6-14-26-20/h3-4,10-13,15,20H,1-2,5-9,14,16H2,(H,24,25). The number of aryl methyl sites for hydroxylation is 2. The Morgan fingerprint density at radius 2 is 1.89 bits per heavy atom. The van der Waals surface area contributed by atoms with E-state index in [1.54, 1.807) is 0 Å².